The molecule has 0 aliphatic rings. The molecule has 0 spiro atoms. The molecule has 0 aliphatic carbocycles. The summed E-state index contributed by atoms with van der Waals surface area (Å²) in [5, 5.41) is 3.79. The molecule has 0 saturated heterocycles. The van der Waals surface area contributed by atoms with Crippen LogP contribution in [0.1, 0.15) is 30.9 Å². The van der Waals surface area contributed by atoms with Gasteiger partial charge in [0, 0.05) is 34.6 Å². The van der Waals surface area contributed by atoms with E-state index in [-0.39, 0.29) is 34.6 Å². The molecule has 0 bridgehead atoms. The molecule has 11 heteroatoms. The maximum atomic E-state index is 14.1. The van der Waals surface area contributed by atoms with Gasteiger partial charge in [-0.25, -0.2) is 8.42 Å². The largest absolute Gasteiger partial charge is 0.354 e. The molecular formula is C29H32Cl3N3O4S. The number of carbonyl (C=O) groups is 2. The number of hydrogen-bond donors (Lipinski definition) is 1. The van der Waals surface area contributed by atoms with E-state index in [1.165, 1.54) is 23.1 Å². The van der Waals surface area contributed by atoms with Gasteiger partial charge in [-0.2, -0.15) is 0 Å². The number of unbranched alkanes of at least 4 members (excludes halogenated alkanes) is 1. The third-order valence-electron chi connectivity index (χ3n) is 6.21. The molecule has 0 fully saturated rings. The SMILES string of the molecule is CCCCNC(=O)C(Cc1ccccc1)N(Cc1ccccc1Cl)C(=O)CN(c1cc(Cl)cc(Cl)c1)S(C)(=O)=O. The maximum absolute atomic E-state index is 14.1. The Labute approximate surface area is 251 Å². The number of hydrogen-bond acceptors (Lipinski definition) is 4. The second kappa shape index (κ2) is 14.7. The maximum Gasteiger partial charge on any atom is 0.244 e. The van der Waals surface area contributed by atoms with Crippen LogP contribution in [0.5, 0.6) is 0 Å². The summed E-state index contributed by atoms with van der Waals surface area (Å²) in [5.74, 6) is -0.928. The summed E-state index contributed by atoms with van der Waals surface area (Å²) in [7, 11) is -3.94. The zero-order valence-corrected chi connectivity index (χ0v) is 25.4. The van der Waals surface area contributed by atoms with Crippen molar-refractivity contribution in [2.75, 3.05) is 23.7 Å². The van der Waals surface area contributed by atoms with Crippen molar-refractivity contribution in [2.45, 2.75) is 38.8 Å². The molecule has 0 radical (unpaired) electrons. The van der Waals surface area contributed by atoms with Crippen LogP contribution in [0.3, 0.4) is 0 Å². The molecule has 0 heterocycles. The summed E-state index contributed by atoms with van der Waals surface area (Å²) in [6.07, 6.45) is 2.88. The van der Waals surface area contributed by atoms with Gasteiger partial charge < -0.3 is 10.2 Å². The van der Waals surface area contributed by atoms with E-state index in [2.05, 4.69) is 5.32 Å². The van der Waals surface area contributed by atoms with Crippen molar-refractivity contribution < 1.29 is 18.0 Å². The van der Waals surface area contributed by atoms with Gasteiger partial charge in [-0.05, 0) is 41.8 Å². The van der Waals surface area contributed by atoms with Crippen molar-refractivity contribution in [1.82, 2.24) is 10.2 Å². The number of benzene rings is 3. The Bertz CT molecular complexity index is 1400. The van der Waals surface area contributed by atoms with Gasteiger partial charge in [0.25, 0.3) is 0 Å². The standard InChI is InChI=1S/C29H32Cl3N3O4S/c1-3-4-14-33-29(37)27(15-21-10-6-5-7-11-21)34(19-22-12-8-9-13-26(22)32)28(36)20-35(40(2,38)39)25-17-23(30)16-24(31)18-25/h5-13,16-18,27H,3-4,14-15,19-20H2,1-2H3,(H,33,37). The second-order valence-corrected chi connectivity index (χ2v) is 12.5. The van der Waals surface area contributed by atoms with Crippen molar-refractivity contribution in [1.29, 1.82) is 0 Å². The molecule has 3 aromatic rings. The fourth-order valence-electron chi connectivity index (χ4n) is 4.17. The van der Waals surface area contributed by atoms with Crippen molar-refractivity contribution >= 4 is 62.3 Å². The van der Waals surface area contributed by atoms with Gasteiger partial charge in [0.15, 0.2) is 0 Å². The van der Waals surface area contributed by atoms with E-state index in [1.807, 2.05) is 37.3 Å². The van der Waals surface area contributed by atoms with Crippen LogP contribution in [-0.2, 0) is 32.6 Å². The van der Waals surface area contributed by atoms with Gasteiger partial charge in [0.2, 0.25) is 21.8 Å². The zero-order valence-electron chi connectivity index (χ0n) is 22.3. The smallest absolute Gasteiger partial charge is 0.244 e. The van der Waals surface area contributed by atoms with Crippen LogP contribution in [0, 0.1) is 0 Å². The molecule has 3 rings (SSSR count). The minimum Gasteiger partial charge on any atom is -0.354 e. The number of carbonyl (C=O) groups excluding carboxylic acids is 2. The van der Waals surface area contributed by atoms with E-state index in [1.54, 1.807) is 24.3 Å². The summed E-state index contributed by atoms with van der Waals surface area (Å²) in [4.78, 5) is 29.0. The molecule has 0 saturated carbocycles. The molecule has 0 aliphatic heterocycles. The van der Waals surface area contributed by atoms with Gasteiger partial charge in [-0.1, -0.05) is 96.7 Å². The van der Waals surface area contributed by atoms with Crippen LogP contribution in [0.25, 0.3) is 0 Å². The van der Waals surface area contributed by atoms with Gasteiger partial charge in [0.1, 0.15) is 12.6 Å². The van der Waals surface area contributed by atoms with Gasteiger partial charge >= 0.3 is 0 Å². The highest BCUT2D eigenvalue weighted by molar-refractivity contribution is 7.92. The number of amides is 2. The predicted octanol–water partition coefficient (Wildman–Crippen LogP) is 5.97. The lowest BCUT2D eigenvalue weighted by Gasteiger charge is -2.33. The number of anilines is 1. The highest BCUT2D eigenvalue weighted by Gasteiger charge is 2.33. The first-order valence-corrected chi connectivity index (χ1v) is 15.8. The molecule has 0 aromatic heterocycles. The summed E-state index contributed by atoms with van der Waals surface area (Å²) < 4.78 is 26.7. The van der Waals surface area contributed by atoms with E-state index in [0.29, 0.717) is 17.1 Å². The minimum atomic E-state index is -3.94. The Kier molecular flexibility index (Phi) is 11.7. The van der Waals surface area contributed by atoms with Gasteiger partial charge in [0.05, 0.1) is 11.9 Å². The third kappa shape index (κ3) is 9.13. The zero-order chi connectivity index (χ0) is 29.3. The molecule has 7 nitrogen and oxygen atoms in total. The molecular weight excluding hydrogens is 593 g/mol. The van der Waals surface area contributed by atoms with Crippen molar-refractivity contribution in [2.24, 2.45) is 0 Å². The van der Waals surface area contributed by atoms with Crippen molar-refractivity contribution in [3.63, 3.8) is 0 Å². The third-order valence-corrected chi connectivity index (χ3v) is 8.16. The minimum absolute atomic E-state index is 0.00882. The molecule has 1 N–H and O–H groups in total. The fraction of sp³-hybridized carbons (Fsp3) is 0.310. The summed E-state index contributed by atoms with van der Waals surface area (Å²) in [5.41, 5.74) is 1.60. The first kappa shape index (κ1) is 31.7. The summed E-state index contributed by atoms with van der Waals surface area (Å²) >= 11 is 18.7. The van der Waals surface area contributed by atoms with Crippen LogP contribution < -0.4 is 9.62 Å². The van der Waals surface area contributed by atoms with Crippen LogP contribution in [0.2, 0.25) is 15.1 Å². The van der Waals surface area contributed by atoms with Gasteiger partial charge in [-0.3, -0.25) is 13.9 Å². The Morgan fingerprint density at radius 1 is 0.925 bits per heavy atom. The molecule has 2 amide bonds. The van der Waals surface area contributed by atoms with E-state index >= 15 is 0 Å². The van der Waals surface area contributed by atoms with Crippen LogP contribution in [0.15, 0.2) is 72.8 Å². The molecule has 1 atom stereocenters. The van der Waals surface area contributed by atoms with Crippen LogP contribution in [0.4, 0.5) is 5.69 Å². The molecule has 1 unspecified atom stereocenters. The molecule has 40 heavy (non-hydrogen) atoms. The Balaban J connectivity index is 2.06. The monoisotopic (exact) mass is 623 g/mol. The fourth-order valence-corrected chi connectivity index (χ4v) is 5.71. The van der Waals surface area contributed by atoms with Crippen LogP contribution >= 0.6 is 34.8 Å². The van der Waals surface area contributed by atoms with E-state index in [0.717, 1.165) is 29.0 Å². The lowest BCUT2D eigenvalue weighted by molar-refractivity contribution is -0.140. The lowest BCUT2D eigenvalue weighted by Crippen LogP contribution is -2.53. The topological polar surface area (TPSA) is 86.8 Å². The van der Waals surface area contributed by atoms with E-state index in [4.69, 9.17) is 34.8 Å². The first-order valence-electron chi connectivity index (χ1n) is 12.8. The number of rotatable bonds is 13. The van der Waals surface area contributed by atoms with Crippen molar-refractivity contribution in [3.05, 3.63) is 99.0 Å². The highest BCUT2D eigenvalue weighted by atomic mass is 35.5. The normalized spacial score (nSPS) is 12.0. The average molecular weight is 625 g/mol. The second-order valence-electron chi connectivity index (χ2n) is 9.36. The van der Waals surface area contributed by atoms with Crippen molar-refractivity contribution in [3.8, 4) is 0 Å². The highest BCUT2D eigenvalue weighted by Crippen LogP contribution is 2.28. The lowest BCUT2D eigenvalue weighted by atomic mass is 10.0. The van der Waals surface area contributed by atoms with E-state index < -0.39 is 28.5 Å². The summed E-state index contributed by atoms with van der Waals surface area (Å²) in [6, 6.07) is 19.7. The van der Waals surface area contributed by atoms with Gasteiger partial charge in [-0.15, -0.1) is 0 Å². The Hall–Kier alpha value is -2.78. The van der Waals surface area contributed by atoms with E-state index in [9.17, 15) is 18.0 Å². The first-order chi connectivity index (χ1) is 19.0. The number of nitrogens with one attached hydrogen (secondary N) is 1. The number of sulfonamides is 1. The Morgan fingerprint density at radius 3 is 2.15 bits per heavy atom. The number of nitrogens with zero attached hydrogens (tertiary/aromatic N) is 2. The quantitative estimate of drug-likeness (QED) is 0.238. The molecule has 214 valence electrons. The molecule has 3 aromatic carbocycles. The average Bonchev–Trinajstić information content (AvgIpc) is 2.89. The van der Waals surface area contributed by atoms with Crippen LogP contribution in [-0.4, -0.2) is 50.5 Å². The number of halogens is 3. The predicted molar refractivity (Wildman–Crippen MR) is 163 cm³/mol. The summed E-state index contributed by atoms with van der Waals surface area (Å²) in [6.45, 7) is 1.88. The Morgan fingerprint density at radius 2 is 1.55 bits per heavy atom.